The van der Waals surface area contributed by atoms with Crippen molar-refractivity contribution in [3.63, 3.8) is 0 Å². The molecule has 2 aliphatic heterocycles. The Labute approximate surface area is 454 Å². The number of carbonyl (C=O) groups excluding carboxylic acids is 8. The summed E-state index contributed by atoms with van der Waals surface area (Å²) >= 11 is 0. The minimum absolute atomic E-state index is 0. The summed E-state index contributed by atoms with van der Waals surface area (Å²) in [5.74, 6) is -3.53. The third kappa shape index (κ3) is 15.9. The van der Waals surface area contributed by atoms with Crippen molar-refractivity contribution in [1.29, 1.82) is 0 Å². The van der Waals surface area contributed by atoms with Crippen LogP contribution in [-0.2, 0) is 55.9 Å². The number of aryl methyl sites for hydroxylation is 2. The number of fused-ring (bicyclic) bond motifs is 2. The molecule has 2 aliphatic carbocycles. The molecule has 0 radical (unpaired) electrons. The number of rotatable bonds is 18. The largest absolute Gasteiger partial charge is 0.362 e. The van der Waals surface area contributed by atoms with E-state index in [-0.39, 0.29) is 86.5 Å². The normalized spacial score (nSPS) is 22.7. The fraction of sp³-hybridized carbons (Fsp3) is 0.630. The van der Waals surface area contributed by atoms with Gasteiger partial charge in [-0.25, -0.2) is 0 Å². The van der Waals surface area contributed by atoms with E-state index in [2.05, 4.69) is 54.7 Å². The van der Waals surface area contributed by atoms with Crippen LogP contribution in [0.1, 0.15) is 128 Å². The Hall–Kier alpha value is -5.34. The van der Waals surface area contributed by atoms with Crippen LogP contribution in [0.2, 0.25) is 0 Å². The van der Waals surface area contributed by atoms with Gasteiger partial charge in [-0.05, 0) is 112 Å². The van der Waals surface area contributed by atoms with Crippen molar-refractivity contribution in [3.05, 3.63) is 70.8 Å². The predicted molar refractivity (Wildman–Crippen MR) is 290 cm³/mol. The van der Waals surface area contributed by atoms with Crippen molar-refractivity contribution >= 4 is 72.1 Å². The molecule has 8 amide bonds. The average Bonchev–Trinajstić information content (AvgIpc) is 3.98. The molecule has 0 spiro atoms. The van der Waals surface area contributed by atoms with E-state index in [0.29, 0.717) is 0 Å². The number of nitrogens with one attached hydrogen (secondary N) is 8. The third-order valence-corrected chi connectivity index (χ3v) is 14.8. The van der Waals surface area contributed by atoms with Crippen LogP contribution >= 0.6 is 24.8 Å². The molecule has 0 saturated carbocycles. The number of halogens is 2. The minimum Gasteiger partial charge on any atom is -0.362 e. The number of amides is 8. The van der Waals surface area contributed by atoms with Crippen LogP contribution in [0.5, 0.6) is 0 Å². The van der Waals surface area contributed by atoms with Gasteiger partial charge in [0.2, 0.25) is 47.3 Å². The summed E-state index contributed by atoms with van der Waals surface area (Å²) in [6.45, 7) is 13.3. The lowest BCUT2D eigenvalue weighted by molar-refractivity contribution is -0.144. The van der Waals surface area contributed by atoms with Crippen molar-refractivity contribution in [2.75, 3.05) is 40.4 Å². The van der Waals surface area contributed by atoms with Crippen LogP contribution in [0.15, 0.2) is 48.5 Å². The predicted octanol–water partition coefficient (Wildman–Crippen LogP) is 2.68. The number of benzene rings is 2. The topological polar surface area (TPSA) is 249 Å². The molecule has 2 heterocycles. The molecule has 19 nitrogen and oxygen atoms in total. The van der Waals surface area contributed by atoms with E-state index in [4.69, 9.17) is 4.74 Å². The zero-order valence-electron chi connectivity index (χ0n) is 45.3. The smallest absolute Gasteiger partial charge is 0.246 e. The molecule has 6 rings (SSSR count). The molecule has 416 valence electrons. The molecule has 10 atom stereocenters. The maximum Gasteiger partial charge on any atom is 0.246 e. The highest BCUT2D eigenvalue weighted by atomic mass is 35.5. The zero-order chi connectivity index (χ0) is 53.4. The Kier molecular flexibility index (Phi) is 22.5. The van der Waals surface area contributed by atoms with E-state index < -0.39 is 96.0 Å². The first-order chi connectivity index (χ1) is 34.5. The monoisotopic (exact) mass is 1080 g/mol. The van der Waals surface area contributed by atoms with Gasteiger partial charge in [-0.1, -0.05) is 90.1 Å². The molecular formula is C54H82Cl2N10O9. The lowest BCUT2D eigenvalue weighted by Gasteiger charge is -2.36. The standard InChI is InChI=1S/C54H80N10O9.2ClH/c1-31(55-9)47(67)61-45(53(3,4)5)51(71)63-27-35(25-41(63)49(69)59-39-23-15-19-33-17-11-13-21-37(33)39)57-43(65)29-73-30-44(66)58-36-26-42(50(70)60-40-24-16-20-34-18-12-14-22-38(34)40)64(28-36)52(72)46(54(6,7)8)62-48(68)32(2)56-10;;/h11-14,17-18,21-22,31-32,35-36,39-42,45-46,55-56H,15-16,19-20,23-30H2,1-10H3,(H,57,65)(H,58,66)(H,59,69)(H,60,70)(H,61,67)(H,62,68);2*1H/t31-,32-,35-,36-,39+,40+,41-,42-,45+,46+;;/m0../s1. The van der Waals surface area contributed by atoms with E-state index in [9.17, 15) is 38.4 Å². The van der Waals surface area contributed by atoms with Crippen LogP contribution in [-0.4, -0.2) is 146 Å². The highest BCUT2D eigenvalue weighted by Crippen LogP contribution is 2.33. The quantitative estimate of drug-likeness (QED) is 0.108. The number of ether oxygens (including phenoxy) is 1. The van der Waals surface area contributed by atoms with Crippen molar-refractivity contribution < 1.29 is 43.1 Å². The number of likely N-dealkylation sites (N-methyl/N-ethyl adjacent to an activating group) is 2. The summed E-state index contributed by atoms with van der Waals surface area (Å²) in [5.41, 5.74) is 2.91. The zero-order valence-corrected chi connectivity index (χ0v) is 46.9. The SMILES string of the molecule is CN[C@@H](C)C(=O)N[C@H](C(=O)N1C[C@@H](NC(=O)COCC(=O)N[C@H]2C[C@@H](C(=O)N[C@@H]3CCCc4ccccc43)N(C(=O)[C@@H](NC(=O)[C@H](C)NC)C(C)(C)C)C2)C[C@H]1C(=O)N[C@@H]1CCCc2ccccc21)C(C)(C)C.Cl.Cl. The van der Waals surface area contributed by atoms with Gasteiger partial charge in [0.15, 0.2) is 0 Å². The summed E-state index contributed by atoms with van der Waals surface area (Å²) in [4.78, 5) is 114. The molecule has 4 aliphatic rings. The molecule has 2 fully saturated rings. The second-order valence-corrected chi connectivity index (χ2v) is 22.4. The van der Waals surface area contributed by atoms with Gasteiger partial charge in [0.05, 0.1) is 24.2 Å². The molecule has 2 saturated heterocycles. The number of carbonyl (C=O) groups is 8. The number of likely N-dealkylation sites (tertiary alicyclic amines) is 2. The van der Waals surface area contributed by atoms with Gasteiger partial charge in [-0.2, -0.15) is 0 Å². The Bertz CT molecular complexity index is 2200. The Morgan fingerprint density at radius 3 is 1.28 bits per heavy atom. The first-order valence-electron chi connectivity index (χ1n) is 26.0. The van der Waals surface area contributed by atoms with E-state index >= 15 is 0 Å². The van der Waals surface area contributed by atoms with Gasteiger partial charge in [-0.3, -0.25) is 38.4 Å². The van der Waals surface area contributed by atoms with Crippen LogP contribution in [0, 0.1) is 10.8 Å². The van der Waals surface area contributed by atoms with Crippen LogP contribution in [0.25, 0.3) is 0 Å². The molecule has 0 aromatic heterocycles. The van der Waals surface area contributed by atoms with E-state index in [1.165, 1.54) is 9.80 Å². The first kappa shape index (κ1) is 62.2. The van der Waals surface area contributed by atoms with E-state index in [0.717, 1.165) is 60.8 Å². The second kappa shape index (κ2) is 27.1. The molecule has 2 aromatic rings. The van der Waals surface area contributed by atoms with Crippen molar-refractivity contribution in [1.82, 2.24) is 52.3 Å². The van der Waals surface area contributed by atoms with Gasteiger partial charge in [0.25, 0.3) is 0 Å². The molecule has 21 heteroatoms. The lowest BCUT2D eigenvalue weighted by atomic mass is 9.85. The van der Waals surface area contributed by atoms with Crippen molar-refractivity contribution in [2.45, 2.75) is 167 Å². The third-order valence-electron chi connectivity index (χ3n) is 14.8. The van der Waals surface area contributed by atoms with E-state index in [1.807, 2.05) is 77.9 Å². The molecule has 8 N–H and O–H groups in total. The molecule has 75 heavy (non-hydrogen) atoms. The summed E-state index contributed by atoms with van der Waals surface area (Å²) < 4.78 is 5.61. The maximum absolute atomic E-state index is 14.5. The van der Waals surface area contributed by atoms with Gasteiger partial charge < -0.3 is 57.1 Å². The summed E-state index contributed by atoms with van der Waals surface area (Å²) in [6.07, 6.45) is 5.24. The summed E-state index contributed by atoms with van der Waals surface area (Å²) in [5, 5.41) is 23.7. The highest BCUT2D eigenvalue weighted by Gasteiger charge is 2.48. The average molecular weight is 1090 g/mol. The fourth-order valence-electron chi connectivity index (χ4n) is 10.4. The summed E-state index contributed by atoms with van der Waals surface area (Å²) in [6, 6.07) is 9.03. The van der Waals surface area contributed by atoms with Crippen LogP contribution in [0.4, 0.5) is 0 Å². The number of hydrogen-bond acceptors (Lipinski definition) is 11. The summed E-state index contributed by atoms with van der Waals surface area (Å²) in [7, 11) is 3.29. The van der Waals surface area contributed by atoms with Crippen LogP contribution < -0.4 is 42.5 Å². The Balaban J connectivity index is 0.00000608. The van der Waals surface area contributed by atoms with Gasteiger partial charge in [0, 0.05) is 25.2 Å². The fourth-order valence-corrected chi connectivity index (χ4v) is 10.4. The Morgan fingerprint density at radius 1 is 0.573 bits per heavy atom. The molecule has 0 unspecified atom stereocenters. The number of hydrogen-bond donors (Lipinski definition) is 8. The maximum atomic E-state index is 14.5. The second-order valence-electron chi connectivity index (χ2n) is 22.4. The molecular weight excluding hydrogens is 1000 g/mol. The Morgan fingerprint density at radius 2 is 0.933 bits per heavy atom. The van der Waals surface area contributed by atoms with Crippen molar-refractivity contribution in [2.24, 2.45) is 10.8 Å². The molecule has 2 aromatic carbocycles. The number of nitrogens with zero attached hydrogens (tertiary/aromatic N) is 2. The van der Waals surface area contributed by atoms with Gasteiger partial charge in [0.1, 0.15) is 37.4 Å². The van der Waals surface area contributed by atoms with Gasteiger partial charge >= 0.3 is 0 Å². The van der Waals surface area contributed by atoms with E-state index in [1.54, 1.807) is 27.9 Å². The lowest BCUT2D eigenvalue weighted by Crippen LogP contribution is -2.59. The van der Waals surface area contributed by atoms with Crippen LogP contribution in [0.3, 0.4) is 0 Å². The highest BCUT2D eigenvalue weighted by molar-refractivity contribution is 5.96. The minimum atomic E-state index is -0.991. The first-order valence-corrected chi connectivity index (χ1v) is 26.0. The molecule has 0 bridgehead atoms. The van der Waals surface area contributed by atoms with Gasteiger partial charge in [-0.15, -0.1) is 24.8 Å². The van der Waals surface area contributed by atoms with Crippen molar-refractivity contribution in [3.8, 4) is 0 Å².